The number of rotatable bonds is 6. The molecule has 36 heavy (non-hydrogen) atoms. The summed E-state index contributed by atoms with van der Waals surface area (Å²) in [4.78, 5) is 28.3. The molecule has 0 spiro atoms. The number of hydrogen-bond donors (Lipinski definition) is 1. The van der Waals surface area contributed by atoms with Gasteiger partial charge in [-0.05, 0) is 65.9 Å². The Morgan fingerprint density at radius 1 is 0.972 bits per heavy atom. The van der Waals surface area contributed by atoms with Crippen LogP contribution in [0.3, 0.4) is 0 Å². The molecule has 4 rings (SSSR count). The first-order valence-electron chi connectivity index (χ1n) is 11.6. The molecule has 186 valence electrons. The Morgan fingerprint density at radius 3 is 2.25 bits per heavy atom. The molecule has 0 aliphatic carbocycles. The molecule has 0 aromatic heterocycles. The Morgan fingerprint density at radius 2 is 1.64 bits per heavy atom. The Bertz CT molecular complexity index is 1380. The third-order valence-electron chi connectivity index (χ3n) is 6.47. The number of aliphatic hydroxyl groups is 1. The molecule has 1 N–H and O–H groups in total. The van der Waals surface area contributed by atoms with Crippen molar-refractivity contribution in [2.45, 2.75) is 32.7 Å². The molecule has 0 saturated carbocycles. The largest absolute Gasteiger partial charge is 0.507 e. The van der Waals surface area contributed by atoms with Crippen LogP contribution in [0.1, 0.15) is 48.1 Å². The molecule has 0 radical (unpaired) electrons. The van der Waals surface area contributed by atoms with Crippen LogP contribution in [0.5, 0.6) is 11.5 Å². The van der Waals surface area contributed by atoms with Crippen LogP contribution >= 0.6 is 11.6 Å². The number of nitrogens with zero attached hydrogens (tertiary/aromatic N) is 1. The maximum atomic E-state index is 13.5. The number of aryl methyl sites for hydroxylation is 1. The van der Waals surface area contributed by atoms with Gasteiger partial charge in [0.25, 0.3) is 11.7 Å². The van der Waals surface area contributed by atoms with Crippen LogP contribution in [0.15, 0.2) is 66.2 Å². The zero-order valence-corrected chi connectivity index (χ0v) is 21.6. The minimum absolute atomic E-state index is 0.0149. The molecule has 1 atom stereocenters. The fraction of sp³-hybridized carbons (Fsp3) is 0.241. The van der Waals surface area contributed by atoms with Gasteiger partial charge >= 0.3 is 0 Å². The maximum Gasteiger partial charge on any atom is 0.300 e. The summed E-state index contributed by atoms with van der Waals surface area (Å²) < 4.78 is 10.7. The first kappa shape index (κ1) is 25.3. The van der Waals surface area contributed by atoms with Crippen molar-refractivity contribution < 1.29 is 24.2 Å². The van der Waals surface area contributed by atoms with Crippen LogP contribution in [0.25, 0.3) is 5.76 Å². The van der Waals surface area contributed by atoms with E-state index in [4.69, 9.17) is 21.1 Å². The number of amides is 1. The summed E-state index contributed by atoms with van der Waals surface area (Å²) in [7, 11) is 3.09. The molecule has 1 heterocycles. The van der Waals surface area contributed by atoms with Gasteiger partial charge in [0.05, 0.1) is 30.9 Å². The molecule has 1 aliphatic heterocycles. The van der Waals surface area contributed by atoms with E-state index in [0.717, 1.165) is 16.7 Å². The van der Waals surface area contributed by atoms with Gasteiger partial charge in [-0.15, -0.1) is 0 Å². The van der Waals surface area contributed by atoms with Crippen molar-refractivity contribution in [3.05, 3.63) is 93.5 Å². The van der Waals surface area contributed by atoms with Crippen LogP contribution < -0.4 is 14.4 Å². The number of Topliss-reactive ketones (excluding diaryl/α,β-unsaturated/α-hetero) is 1. The maximum absolute atomic E-state index is 13.5. The lowest BCUT2D eigenvalue weighted by atomic mass is 9.91. The topological polar surface area (TPSA) is 76.1 Å². The van der Waals surface area contributed by atoms with Crippen molar-refractivity contribution in [2.24, 2.45) is 0 Å². The first-order valence-corrected chi connectivity index (χ1v) is 12.0. The molecule has 1 unspecified atom stereocenters. The van der Waals surface area contributed by atoms with E-state index in [1.54, 1.807) is 43.5 Å². The SMILES string of the molecule is COc1ccc(N2C(=O)C(=O)/C(=C(/O)c3ccc(OC)c(C(C)C)c3)C2c2ccccc2C)cc1Cl. The normalized spacial score (nSPS) is 17.1. The van der Waals surface area contributed by atoms with Gasteiger partial charge in [0.2, 0.25) is 0 Å². The Balaban J connectivity index is 1.97. The molecule has 0 bridgehead atoms. The molecule has 1 fully saturated rings. The van der Waals surface area contributed by atoms with E-state index in [1.807, 2.05) is 45.0 Å². The highest BCUT2D eigenvalue weighted by Gasteiger charge is 2.47. The summed E-state index contributed by atoms with van der Waals surface area (Å²) in [6.45, 7) is 5.93. The smallest absolute Gasteiger partial charge is 0.300 e. The predicted molar refractivity (Wildman–Crippen MR) is 141 cm³/mol. The van der Waals surface area contributed by atoms with Crippen LogP contribution in [-0.2, 0) is 9.59 Å². The van der Waals surface area contributed by atoms with Gasteiger partial charge in [-0.2, -0.15) is 0 Å². The number of carbonyl (C=O) groups is 2. The number of halogens is 1. The van der Waals surface area contributed by atoms with Crippen LogP contribution in [0.4, 0.5) is 5.69 Å². The zero-order valence-electron chi connectivity index (χ0n) is 20.8. The summed E-state index contributed by atoms with van der Waals surface area (Å²) in [6, 6.07) is 16.8. The number of methoxy groups -OCH3 is 2. The fourth-order valence-electron chi connectivity index (χ4n) is 4.58. The number of hydrogen-bond acceptors (Lipinski definition) is 5. The number of anilines is 1. The van der Waals surface area contributed by atoms with Gasteiger partial charge in [-0.3, -0.25) is 14.5 Å². The quantitative estimate of drug-likeness (QED) is 0.238. The van der Waals surface area contributed by atoms with Gasteiger partial charge in [0.1, 0.15) is 17.3 Å². The second kappa shape index (κ2) is 10.1. The molecular weight excluding hydrogens is 478 g/mol. The van der Waals surface area contributed by atoms with Gasteiger partial charge in [0, 0.05) is 11.3 Å². The zero-order chi connectivity index (χ0) is 26.1. The number of ketones is 1. The Hall–Kier alpha value is -3.77. The van der Waals surface area contributed by atoms with Crippen molar-refractivity contribution in [1.29, 1.82) is 0 Å². The summed E-state index contributed by atoms with van der Waals surface area (Å²) in [5.41, 5.74) is 3.35. The number of carbonyl (C=O) groups excluding carboxylic acids is 2. The van der Waals surface area contributed by atoms with Gasteiger partial charge in [0.15, 0.2) is 0 Å². The van der Waals surface area contributed by atoms with E-state index in [-0.39, 0.29) is 17.3 Å². The lowest BCUT2D eigenvalue weighted by Gasteiger charge is -2.27. The molecule has 3 aromatic rings. The van der Waals surface area contributed by atoms with Crippen LogP contribution in [0.2, 0.25) is 5.02 Å². The molecule has 7 heteroatoms. The highest BCUT2D eigenvalue weighted by atomic mass is 35.5. The van der Waals surface area contributed by atoms with E-state index in [9.17, 15) is 14.7 Å². The number of benzene rings is 3. The van der Waals surface area contributed by atoms with Crippen molar-refractivity contribution in [1.82, 2.24) is 0 Å². The van der Waals surface area contributed by atoms with E-state index in [1.165, 1.54) is 12.0 Å². The molecular formula is C29H28ClNO5. The second-order valence-corrected chi connectivity index (χ2v) is 9.36. The Labute approximate surface area is 215 Å². The monoisotopic (exact) mass is 505 g/mol. The lowest BCUT2D eigenvalue weighted by molar-refractivity contribution is -0.132. The van der Waals surface area contributed by atoms with Crippen LogP contribution in [-0.4, -0.2) is 31.0 Å². The molecule has 3 aromatic carbocycles. The minimum Gasteiger partial charge on any atom is -0.507 e. The van der Waals surface area contributed by atoms with Crippen molar-refractivity contribution in [2.75, 3.05) is 19.1 Å². The van der Waals surface area contributed by atoms with E-state index in [0.29, 0.717) is 27.8 Å². The molecule has 1 saturated heterocycles. The van der Waals surface area contributed by atoms with Crippen LogP contribution in [0, 0.1) is 6.92 Å². The van der Waals surface area contributed by atoms with E-state index >= 15 is 0 Å². The van der Waals surface area contributed by atoms with Crippen molar-refractivity contribution >= 4 is 34.7 Å². The van der Waals surface area contributed by atoms with E-state index in [2.05, 4.69) is 0 Å². The summed E-state index contributed by atoms with van der Waals surface area (Å²) in [5.74, 6) is -0.510. The average Bonchev–Trinajstić information content (AvgIpc) is 3.13. The fourth-order valence-corrected chi connectivity index (χ4v) is 4.83. The summed E-state index contributed by atoms with van der Waals surface area (Å²) in [5, 5.41) is 11.8. The minimum atomic E-state index is -0.847. The molecule has 1 aliphatic rings. The lowest BCUT2D eigenvalue weighted by Crippen LogP contribution is -2.29. The summed E-state index contributed by atoms with van der Waals surface area (Å²) >= 11 is 6.37. The van der Waals surface area contributed by atoms with Crippen molar-refractivity contribution in [3.63, 3.8) is 0 Å². The van der Waals surface area contributed by atoms with Gasteiger partial charge < -0.3 is 14.6 Å². The van der Waals surface area contributed by atoms with Gasteiger partial charge in [-0.25, -0.2) is 0 Å². The average molecular weight is 506 g/mol. The summed E-state index contributed by atoms with van der Waals surface area (Å²) in [6.07, 6.45) is 0. The number of aliphatic hydroxyl groups excluding tert-OH is 1. The van der Waals surface area contributed by atoms with E-state index < -0.39 is 17.7 Å². The first-order chi connectivity index (χ1) is 17.2. The molecule has 1 amide bonds. The standard InChI is InChI=1S/C29H28ClNO5/c1-16(2)21-14-18(10-12-23(21)35-4)27(32)25-26(20-9-7-6-8-17(20)3)31(29(34)28(25)33)19-11-13-24(36-5)22(30)15-19/h6-16,26,32H,1-5H3/b27-25+. The highest BCUT2D eigenvalue weighted by Crippen LogP contribution is 2.44. The third kappa shape index (κ3) is 4.33. The number of ether oxygens (including phenoxy) is 2. The van der Waals surface area contributed by atoms with Crippen molar-refractivity contribution in [3.8, 4) is 11.5 Å². The second-order valence-electron chi connectivity index (χ2n) is 8.96. The predicted octanol–water partition coefficient (Wildman–Crippen LogP) is 6.42. The van der Waals surface area contributed by atoms with Gasteiger partial charge in [-0.1, -0.05) is 49.7 Å². The Kier molecular flexibility index (Phi) is 7.09. The highest BCUT2D eigenvalue weighted by molar-refractivity contribution is 6.52. The third-order valence-corrected chi connectivity index (χ3v) is 6.76. The molecule has 6 nitrogen and oxygen atoms in total.